The van der Waals surface area contributed by atoms with Gasteiger partial charge in [0, 0.05) is 24.6 Å². The Balaban J connectivity index is 1.33. The first-order valence-electron chi connectivity index (χ1n) is 12.3. The molecule has 0 aliphatic carbocycles. The van der Waals surface area contributed by atoms with E-state index in [9.17, 15) is 9.90 Å². The van der Waals surface area contributed by atoms with Gasteiger partial charge in [0.25, 0.3) is 0 Å². The molecular formula is C27H27ClN6O4. The van der Waals surface area contributed by atoms with Crippen molar-refractivity contribution in [3.05, 3.63) is 72.0 Å². The number of anilines is 2. The predicted molar refractivity (Wildman–Crippen MR) is 143 cm³/mol. The van der Waals surface area contributed by atoms with E-state index in [2.05, 4.69) is 25.3 Å². The Kier molecular flexibility index (Phi) is 8.10. The number of hydrogen-bond donors (Lipinski definition) is 2. The van der Waals surface area contributed by atoms with Gasteiger partial charge in [0.2, 0.25) is 5.91 Å². The number of carbonyl (C=O) groups is 1. The largest absolute Gasteiger partial charge is 0.491 e. The first kappa shape index (κ1) is 25.6. The van der Waals surface area contributed by atoms with E-state index < -0.39 is 6.61 Å². The van der Waals surface area contributed by atoms with Gasteiger partial charge in [-0.2, -0.15) is 0 Å². The fraction of sp³-hybridized carbons (Fsp3) is 0.296. The molecule has 2 aromatic carbocycles. The predicted octanol–water partition coefficient (Wildman–Crippen LogP) is 4.15. The van der Waals surface area contributed by atoms with Crippen LogP contribution in [0.1, 0.15) is 25.0 Å². The van der Waals surface area contributed by atoms with Crippen LogP contribution in [-0.4, -0.2) is 61.6 Å². The molecule has 10 nitrogen and oxygen atoms in total. The normalized spacial score (nSPS) is 15.3. The van der Waals surface area contributed by atoms with E-state index in [1.54, 1.807) is 35.6 Å². The summed E-state index contributed by atoms with van der Waals surface area (Å²) in [5.41, 5.74) is 2.12. The number of fused-ring (bicyclic) bond motifs is 1. The number of likely N-dealkylation sites (tertiary alicyclic amines) is 1. The fourth-order valence-electron chi connectivity index (χ4n) is 4.46. The number of nitrogens with zero attached hydrogens (tertiary/aromatic N) is 5. The molecule has 5 rings (SSSR count). The van der Waals surface area contributed by atoms with Crippen LogP contribution in [0, 0.1) is 0 Å². The van der Waals surface area contributed by atoms with Gasteiger partial charge in [-0.1, -0.05) is 17.7 Å². The number of aromatic nitrogens is 4. The second-order valence-corrected chi connectivity index (χ2v) is 9.24. The number of aliphatic hydroxyl groups excluding tert-OH is 1. The van der Waals surface area contributed by atoms with Crippen LogP contribution < -0.4 is 14.8 Å². The highest BCUT2D eigenvalue weighted by molar-refractivity contribution is 6.32. The zero-order chi connectivity index (χ0) is 26.3. The van der Waals surface area contributed by atoms with Crippen LogP contribution in [0.2, 0.25) is 5.02 Å². The lowest BCUT2D eigenvalue weighted by Gasteiger charge is -2.35. The highest BCUT2D eigenvalue weighted by Crippen LogP contribution is 2.34. The standard InChI is InChI=1S/C27H27ClN6O4/c28-21-12-18(7-8-23(21)37-15-19-13-29-9-10-30-19)33-27-26-22(31-17-32-27)5-3-6-24(26)38-16-20-4-1-2-11-34(20)25(36)14-35/h3,5-10,12-13,17,20,35H,1-2,4,11,14-16H2,(H,31,32,33). The Morgan fingerprint density at radius 2 is 2.03 bits per heavy atom. The van der Waals surface area contributed by atoms with Gasteiger partial charge in [-0.15, -0.1) is 0 Å². The van der Waals surface area contributed by atoms with E-state index in [4.69, 9.17) is 21.1 Å². The number of halogens is 1. The maximum Gasteiger partial charge on any atom is 0.248 e. The van der Waals surface area contributed by atoms with Crippen LogP contribution in [0.25, 0.3) is 10.9 Å². The van der Waals surface area contributed by atoms with Gasteiger partial charge in [0.1, 0.15) is 43.5 Å². The second-order valence-electron chi connectivity index (χ2n) is 8.83. The molecule has 0 bridgehead atoms. The summed E-state index contributed by atoms with van der Waals surface area (Å²) in [6.45, 7) is 0.681. The molecule has 3 heterocycles. The van der Waals surface area contributed by atoms with Crippen LogP contribution in [0.3, 0.4) is 0 Å². The van der Waals surface area contributed by atoms with E-state index in [-0.39, 0.29) is 18.6 Å². The third-order valence-electron chi connectivity index (χ3n) is 6.33. The summed E-state index contributed by atoms with van der Waals surface area (Å²) in [7, 11) is 0. The highest BCUT2D eigenvalue weighted by Gasteiger charge is 2.27. The molecule has 1 saturated heterocycles. The quantitative estimate of drug-likeness (QED) is 0.326. The van der Waals surface area contributed by atoms with E-state index in [0.717, 1.165) is 19.3 Å². The van der Waals surface area contributed by atoms with Crippen LogP contribution in [0.5, 0.6) is 11.5 Å². The maximum atomic E-state index is 12.2. The van der Waals surface area contributed by atoms with Gasteiger partial charge in [-0.25, -0.2) is 9.97 Å². The van der Waals surface area contributed by atoms with Crippen molar-refractivity contribution in [1.29, 1.82) is 0 Å². The van der Waals surface area contributed by atoms with Gasteiger partial charge in [0.05, 0.1) is 33.9 Å². The van der Waals surface area contributed by atoms with Crippen molar-refractivity contribution >= 4 is 39.9 Å². The van der Waals surface area contributed by atoms with Crippen LogP contribution in [-0.2, 0) is 11.4 Å². The molecule has 0 spiro atoms. The van der Waals surface area contributed by atoms with E-state index >= 15 is 0 Å². The molecule has 2 N–H and O–H groups in total. The van der Waals surface area contributed by atoms with Crippen molar-refractivity contribution in [2.75, 3.05) is 25.1 Å². The van der Waals surface area contributed by atoms with Gasteiger partial charge in [0.15, 0.2) is 0 Å². The molecule has 0 saturated carbocycles. The number of benzene rings is 2. The van der Waals surface area contributed by atoms with Crippen LogP contribution >= 0.6 is 11.6 Å². The van der Waals surface area contributed by atoms with Gasteiger partial charge >= 0.3 is 0 Å². The summed E-state index contributed by atoms with van der Waals surface area (Å²) in [6, 6.07) is 10.9. The average Bonchev–Trinajstić information content (AvgIpc) is 2.96. The molecule has 1 atom stereocenters. The Labute approximate surface area is 224 Å². The number of carbonyl (C=O) groups excluding carboxylic acids is 1. The lowest BCUT2D eigenvalue weighted by molar-refractivity contribution is -0.138. The third kappa shape index (κ3) is 5.92. The van der Waals surface area contributed by atoms with Crippen molar-refractivity contribution in [3.8, 4) is 11.5 Å². The summed E-state index contributed by atoms with van der Waals surface area (Å²) in [5, 5.41) is 13.8. The molecular weight excluding hydrogens is 508 g/mol. The Morgan fingerprint density at radius 3 is 2.84 bits per heavy atom. The first-order chi connectivity index (χ1) is 18.6. The highest BCUT2D eigenvalue weighted by atomic mass is 35.5. The van der Waals surface area contributed by atoms with E-state index in [0.29, 0.717) is 57.8 Å². The maximum absolute atomic E-state index is 12.2. The fourth-order valence-corrected chi connectivity index (χ4v) is 4.70. The first-order valence-corrected chi connectivity index (χ1v) is 12.7. The topological polar surface area (TPSA) is 123 Å². The molecule has 1 aliphatic rings. The minimum absolute atomic E-state index is 0.104. The zero-order valence-electron chi connectivity index (χ0n) is 20.6. The number of aliphatic hydroxyl groups is 1. The Hall–Kier alpha value is -4.02. The molecule has 0 radical (unpaired) electrons. The second kappa shape index (κ2) is 12.0. The molecule has 196 valence electrons. The molecule has 1 amide bonds. The SMILES string of the molecule is O=C(CO)N1CCCCC1COc1cccc2ncnc(Nc3ccc(OCc4cnccn4)c(Cl)c3)c12. The zero-order valence-corrected chi connectivity index (χ0v) is 21.3. The average molecular weight is 535 g/mol. The third-order valence-corrected chi connectivity index (χ3v) is 6.62. The molecule has 4 aromatic rings. The smallest absolute Gasteiger partial charge is 0.248 e. The number of nitrogens with one attached hydrogen (secondary N) is 1. The van der Waals surface area contributed by atoms with Crippen LogP contribution in [0.4, 0.5) is 11.5 Å². The van der Waals surface area contributed by atoms with Crippen molar-refractivity contribution in [3.63, 3.8) is 0 Å². The monoisotopic (exact) mass is 534 g/mol. The summed E-state index contributed by atoms with van der Waals surface area (Å²) in [6.07, 6.45) is 9.09. The number of piperidine rings is 1. The number of hydrogen-bond acceptors (Lipinski definition) is 9. The van der Waals surface area contributed by atoms with Gasteiger partial charge < -0.3 is 24.8 Å². The Bertz CT molecular complexity index is 1400. The van der Waals surface area contributed by atoms with Crippen molar-refractivity contribution in [2.45, 2.75) is 31.9 Å². The number of amides is 1. The molecule has 38 heavy (non-hydrogen) atoms. The van der Waals surface area contributed by atoms with Crippen molar-refractivity contribution in [1.82, 2.24) is 24.8 Å². The minimum atomic E-state index is -0.501. The summed E-state index contributed by atoms with van der Waals surface area (Å²) in [5.74, 6) is 1.40. The van der Waals surface area contributed by atoms with Crippen molar-refractivity contribution < 1.29 is 19.4 Å². The minimum Gasteiger partial charge on any atom is -0.491 e. The summed E-state index contributed by atoms with van der Waals surface area (Å²) >= 11 is 6.49. The molecule has 1 unspecified atom stereocenters. The Morgan fingerprint density at radius 1 is 1.11 bits per heavy atom. The molecule has 1 aliphatic heterocycles. The van der Waals surface area contributed by atoms with Crippen molar-refractivity contribution in [2.24, 2.45) is 0 Å². The van der Waals surface area contributed by atoms with Gasteiger partial charge in [-0.05, 0) is 49.6 Å². The van der Waals surface area contributed by atoms with Gasteiger partial charge in [-0.3, -0.25) is 14.8 Å². The molecule has 11 heteroatoms. The lowest BCUT2D eigenvalue weighted by atomic mass is 10.0. The number of ether oxygens (including phenoxy) is 2. The number of rotatable bonds is 9. The van der Waals surface area contributed by atoms with E-state index in [1.165, 1.54) is 6.33 Å². The van der Waals surface area contributed by atoms with E-state index in [1.807, 2.05) is 24.3 Å². The molecule has 2 aromatic heterocycles. The van der Waals surface area contributed by atoms with Crippen LogP contribution in [0.15, 0.2) is 61.3 Å². The molecule has 1 fully saturated rings. The lowest BCUT2D eigenvalue weighted by Crippen LogP contribution is -2.47. The summed E-state index contributed by atoms with van der Waals surface area (Å²) in [4.78, 5) is 31.0. The summed E-state index contributed by atoms with van der Waals surface area (Å²) < 4.78 is 12.0.